The molecule has 33 heavy (non-hydrogen) atoms. The molecule has 3 aromatic carbocycles. The largest absolute Gasteiger partial charge is 0.453 e. The Morgan fingerprint density at radius 3 is 2.64 bits per heavy atom. The molecule has 0 aromatic heterocycles. The van der Waals surface area contributed by atoms with Gasteiger partial charge in [0.1, 0.15) is 5.75 Å². The fraction of sp³-hybridized carbons (Fsp3) is 0.0870. The number of hydrogen-bond donors (Lipinski definition) is 3. The van der Waals surface area contributed by atoms with E-state index in [2.05, 4.69) is 5.48 Å². The Morgan fingerprint density at radius 2 is 1.91 bits per heavy atom. The van der Waals surface area contributed by atoms with Crippen LogP contribution in [0.2, 0.25) is 10.0 Å². The highest BCUT2D eigenvalue weighted by atomic mass is 35.5. The van der Waals surface area contributed by atoms with Crippen molar-refractivity contribution in [3.63, 3.8) is 0 Å². The predicted molar refractivity (Wildman–Crippen MR) is 124 cm³/mol. The molecule has 0 bridgehead atoms. The third-order valence-corrected chi connectivity index (χ3v) is 4.79. The van der Waals surface area contributed by atoms with Gasteiger partial charge in [0.25, 0.3) is 0 Å². The van der Waals surface area contributed by atoms with Crippen LogP contribution in [0.3, 0.4) is 0 Å². The minimum absolute atomic E-state index is 0.00242. The van der Waals surface area contributed by atoms with Crippen LogP contribution in [0.5, 0.6) is 11.5 Å². The van der Waals surface area contributed by atoms with Crippen LogP contribution in [0.4, 0.5) is 10.1 Å². The van der Waals surface area contributed by atoms with E-state index in [0.29, 0.717) is 11.3 Å². The zero-order valence-electron chi connectivity index (χ0n) is 17.2. The molecule has 0 unspecified atom stereocenters. The van der Waals surface area contributed by atoms with E-state index in [4.69, 9.17) is 53.6 Å². The Morgan fingerprint density at radius 1 is 1.12 bits per heavy atom. The number of rotatable bonds is 7. The zero-order chi connectivity index (χ0) is 24.0. The predicted octanol–water partition coefficient (Wildman–Crippen LogP) is 6.33. The lowest BCUT2D eigenvalue weighted by Crippen LogP contribution is -2.15. The highest BCUT2D eigenvalue weighted by molar-refractivity contribution is 6.32. The van der Waals surface area contributed by atoms with Gasteiger partial charge >= 0.3 is 0 Å². The first-order chi connectivity index (χ1) is 15.8. The van der Waals surface area contributed by atoms with E-state index in [1.165, 1.54) is 37.4 Å². The normalized spacial score (nSPS) is 10.3. The maximum atomic E-state index is 15.1. The van der Waals surface area contributed by atoms with E-state index in [0.717, 1.165) is 0 Å². The fourth-order valence-electron chi connectivity index (χ4n) is 2.84. The molecule has 0 saturated heterocycles. The lowest BCUT2D eigenvalue weighted by atomic mass is 10.1. The Balaban J connectivity index is 1.76. The number of benzene rings is 3. The lowest BCUT2D eigenvalue weighted by Gasteiger charge is -2.13. The highest BCUT2D eigenvalue weighted by Crippen LogP contribution is 2.35. The second-order valence-electron chi connectivity index (χ2n) is 6.66. The molecule has 0 amide bonds. The molecule has 0 aliphatic heterocycles. The van der Waals surface area contributed by atoms with Gasteiger partial charge in [0.05, 0.1) is 35.9 Å². The summed E-state index contributed by atoms with van der Waals surface area (Å²) in [5.41, 5.74) is 3.95. The van der Waals surface area contributed by atoms with Crippen molar-refractivity contribution in [3.8, 4) is 17.6 Å². The number of nitrogens with zero attached hydrogens (tertiary/aromatic N) is 1. The van der Waals surface area contributed by atoms with Gasteiger partial charge in [-0.1, -0.05) is 35.3 Å². The van der Waals surface area contributed by atoms with Gasteiger partial charge in [0, 0.05) is 16.1 Å². The molecule has 0 spiro atoms. The van der Waals surface area contributed by atoms with E-state index in [-0.39, 0.29) is 50.9 Å². The van der Waals surface area contributed by atoms with E-state index in [1.54, 1.807) is 24.3 Å². The SMILES string of the molecule is CONc1cccc(C(=N)OC(=N)Cc2ccc(Cl)c(Oc3cc(Cl)cc(C#N)c3)c2F)c1. The second kappa shape index (κ2) is 10.8. The summed E-state index contributed by atoms with van der Waals surface area (Å²) < 4.78 is 25.9. The molecule has 0 atom stereocenters. The molecule has 3 rings (SSSR count). The van der Waals surface area contributed by atoms with Crippen LogP contribution in [0.1, 0.15) is 16.7 Å². The third kappa shape index (κ3) is 6.20. The van der Waals surface area contributed by atoms with Gasteiger partial charge in [-0.2, -0.15) is 5.26 Å². The smallest absolute Gasteiger partial charge is 0.220 e. The van der Waals surface area contributed by atoms with Crippen molar-refractivity contribution in [1.29, 1.82) is 16.1 Å². The number of nitrogens with one attached hydrogen (secondary N) is 3. The van der Waals surface area contributed by atoms with Crippen molar-refractivity contribution in [2.24, 2.45) is 0 Å². The van der Waals surface area contributed by atoms with E-state index < -0.39 is 5.82 Å². The molecule has 0 saturated carbocycles. The standard InChI is InChI=1S/C23H17Cl2FN4O3/c1-31-30-17-4-2-3-15(9-17)23(29)33-20(28)10-14-5-6-19(25)22(21(14)26)32-18-8-13(12-27)7-16(24)11-18/h2-9,11,28-30H,10H2,1H3. The number of anilines is 1. The van der Waals surface area contributed by atoms with Gasteiger partial charge in [0.2, 0.25) is 5.90 Å². The summed E-state index contributed by atoms with van der Waals surface area (Å²) in [6, 6.07) is 15.7. The quantitative estimate of drug-likeness (QED) is 0.205. The van der Waals surface area contributed by atoms with Crippen LogP contribution >= 0.6 is 23.2 Å². The summed E-state index contributed by atoms with van der Waals surface area (Å²) in [6.45, 7) is 0. The summed E-state index contributed by atoms with van der Waals surface area (Å²) in [6.07, 6.45) is -0.253. The molecule has 168 valence electrons. The molecule has 0 aliphatic rings. The average Bonchev–Trinajstić information content (AvgIpc) is 2.78. The van der Waals surface area contributed by atoms with Gasteiger partial charge < -0.3 is 9.47 Å². The van der Waals surface area contributed by atoms with Crippen LogP contribution < -0.4 is 10.2 Å². The first-order valence-corrected chi connectivity index (χ1v) is 10.1. The first-order valence-electron chi connectivity index (χ1n) is 9.39. The topological polar surface area (TPSA) is 111 Å². The van der Waals surface area contributed by atoms with Crippen molar-refractivity contribution < 1.29 is 18.7 Å². The van der Waals surface area contributed by atoms with Crippen LogP contribution in [0, 0.1) is 28.0 Å². The van der Waals surface area contributed by atoms with Crippen molar-refractivity contribution in [3.05, 3.63) is 87.2 Å². The Kier molecular flexibility index (Phi) is 7.85. The average molecular weight is 487 g/mol. The Labute approximate surface area is 199 Å². The summed E-state index contributed by atoms with van der Waals surface area (Å²) in [5.74, 6) is -1.58. The summed E-state index contributed by atoms with van der Waals surface area (Å²) in [5, 5.41) is 25.5. The molecule has 3 N–H and O–H groups in total. The third-order valence-electron chi connectivity index (χ3n) is 4.27. The molecular weight excluding hydrogens is 470 g/mol. The highest BCUT2D eigenvalue weighted by Gasteiger charge is 2.18. The lowest BCUT2D eigenvalue weighted by molar-refractivity contribution is 0.271. The molecule has 0 heterocycles. The number of ether oxygens (including phenoxy) is 2. The summed E-state index contributed by atoms with van der Waals surface area (Å²) >= 11 is 12.1. The summed E-state index contributed by atoms with van der Waals surface area (Å²) in [4.78, 5) is 4.83. The van der Waals surface area contributed by atoms with E-state index in [1.807, 2.05) is 6.07 Å². The van der Waals surface area contributed by atoms with Crippen LogP contribution in [0.15, 0.2) is 54.6 Å². The van der Waals surface area contributed by atoms with Gasteiger partial charge in [-0.05, 0) is 42.5 Å². The molecule has 0 radical (unpaired) electrons. The summed E-state index contributed by atoms with van der Waals surface area (Å²) in [7, 11) is 1.46. The van der Waals surface area contributed by atoms with Crippen molar-refractivity contribution >= 4 is 40.7 Å². The minimum atomic E-state index is -0.799. The van der Waals surface area contributed by atoms with Crippen LogP contribution in [0.25, 0.3) is 0 Å². The Bertz CT molecular complexity index is 1260. The van der Waals surface area contributed by atoms with Gasteiger partial charge in [0.15, 0.2) is 17.5 Å². The zero-order valence-corrected chi connectivity index (χ0v) is 18.7. The van der Waals surface area contributed by atoms with Gasteiger partial charge in [-0.3, -0.25) is 21.1 Å². The van der Waals surface area contributed by atoms with Crippen molar-refractivity contribution in [2.75, 3.05) is 12.6 Å². The van der Waals surface area contributed by atoms with E-state index in [9.17, 15) is 0 Å². The maximum Gasteiger partial charge on any atom is 0.220 e. The second-order valence-corrected chi connectivity index (χ2v) is 7.50. The van der Waals surface area contributed by atoms with Gasteiger partial charge in [-0.15, -0.1) is 0 Å². The monoisotopic (exact) mass is 486 g/mol. The number of halogens is 3. The molecule has 0 fully saturated rings. The van der Waals surface area contributed by atoms with Crippen molar-refractivity contribution in [2.45, 2.75) is 6.42 Å². The van der Waals surface area contributed by atoms with Crippen LogP contribution in [-0.2, 0) is 16.0 Å². The van der Waals surface area contributed by atoms with Crippen molar-refractivity contribution in [1.82, 2.24) is 0 Å². The molecule has 10 heteroatoms. The minimum Gasteiger partial charge on any atom is -0.453 e. The van der Waals surface area contributed by atoms with Crippen LogP contribution in [-0.4, -0.2) is 18.9 Å². The maximum absolute atomic E-state index is 15.1. The molecule has 3 aromatic rings. The number of nitriles is 1. The molecule has 0 aliphatic carbocycles. The van der Waals surface area contributed by atoms with E-state index >= 15 is 4.39 Å². The first kappa shape index (κ1) is 24.0. The Hall–Kier alpha value is -3.64. The fourth-order valence-corrected chi connectivity index (χ4v) is 3.25. The van der Waals surface area contributed by atoms with Gasteiger partial charge in [-0.25, -0.2) is 4.39 Å². The molecular formula is C23H17Cl2FN4O3. The number of hydrogen-bond acceptors (Lipinski definition) is 7. The molecule has 7 nitrogen and oxygen atoms in total.